The highest BCUT2D eigenvalue weighted by molar-refractivity contribution is 7.92. The summed E-state index contributed by atoms with van der Waals surface area (Å²) in [6, 6.07) is 6.19. The molecule has 2 aliphatic rings. The van der Waals surface area contributed by atoms with E-state index in [0.717, 1.165) is 18.9 Å². The van der Waals surface area contributed by atoms with Crippen molar-refractivity contribution in [3.05, 3.63) is 47.4 Å². The molecular weight excluding hydrogens is 375 g/mol. The second-order valence-corrected chi connectivity index (χ2v) is 8.14. The summed E-state index contributed by atoms with van der Waals surface area (Å²) in [6.07, 6.45) is 4.03. The van der Waals surface area contributed by atoms with E-state index in [1.807, 2.05) is 16.9 Å². The van der Waals surface area contributed by atoms with Gasteiger partial charge in [0.2, 0.25) is 0 Å². The third-order valence-corrected chi connectivity index (χ3v) is 5.86. The summed E-state index contributed by atoms with van der Waals surface area (Å²) in [5.41, 5.74) is 0.897. The maximum Gasteiger partial charge on any atom is 0.308 e. The maximum absolute atomic E-state index is 14.5. The van der Waals surface area contributed by atoms with Crippen LogP contribution in [-0.4, -0.2) is 31.0 Å². The van der Waals surface area contributed by atoms with E-state index >= 15 is 0 Å². The van der Waals surface area contributed by atoms with Crippen LogP contribution in [-0.2, 0) is 21.5 Å². The van der Waals surface area contributed by atoms with Crippen LogP contribution < -0.4 is 14.3 Å². The number of pyridine rings is 1. The van der Waals surface area contributed by atoms with Gasteiger partial charge in [0.1, 0.15) is 17.3 Å². The van der Waals surface area contributed by atoms with E-state index in [0.29, 0.717) is 17.3 Å². The molecule has 8 nitrogen and oxygen atoms in total. The Hall–Kier alpha value is -2.72. The lowest BCUT2D eigenvalue weighted by atomic mass is 10.1. The SMILES string of the molecule is O=C1CNS(=O)(=O)N1c1c(O)cc(CNc2cc(C3CC3)ccn2)cc1F. The molecule has 1 saturated carbocycles. The van der Waals surface area contributed by atoms with E-state index < -0.39 is 39.9 Å². The summed E-state index contributed by atoms with van der Waals surface area (Å²) in [6.45, 7) is -0.307. The number of aromatic hydroxyl groups is 1. The molecular formula is C17H17FN4O4S. The predicted molar refractivity (Wildman–Crippen MR) is 96.0 cm³/mol. The third-order valence-electron chi connectivity index (χ3n) is 4.49. The van der Waals surface area contributed by atoms with Crippen molar-refractivity contribution in [2.45, 2.75) is 25.3 Å². The average Bonchev–Trinajstić information content (AvgIpc) is 3.42. The van der Waals surface area contributed by atoms with Crippen molar-refractivity contribution in [2.24, 2.45) is 0 Å². The molecule has 1 aliphatic heterocycles. The highest BCUT2D eigenvalue weighted by Gasteiger charge is 2.39. The normalized spacial score (nSPS) is 18.7. The number of benzene rings is 1. The summed E-state index contributed by atoms with van der Waals surface area (Å²) in [5, 5.41) is 13.2. The summed E-state index contributed by atoms with van der Waals surface area (Å²) < 4.78 is 40.4. The number of nitrogens with zero attached hydrogens (tertiary/aromatic N) is 2. The molecule has 0 atom stereocenters. The minimum absolute atomic E-state index is 0.171. The van der Waals surface area contributed by atoms with E-state index in [4.69, 9.17) is 0 Å². The minimum atomic E-state index is -4.20. The molecule has 2 fully saturated rings. The van der Waals surface area contributed by atoms with Gasteiger partial charge in [0.05, 0.1) is 6.54 Å². The molecule has 4 rings (SSSR count). The molecule has 2 aromatic rings. The van der Waals surface area contributed by atoms with Crippen LogP contribution in [0.15, 0.2) is 30.5 Å². The number of phenols is 1. The molecule has 1 aromatic heterocycles. The number of phenolic OH excluding ortho intramolecular Hbond substituents is 1. The van der Waals surface area contributed by atoms with Crippen molar-refractivity contribution in [1.82, 2.24) is 9.71 Å². The first kappa shape index (κ1) is 17.7. The molecule has 2 heterocycles. The molecule has 1 aromatic carbocycles. The van der Waals surface area contributed by atoms with Crippen LogP contribution in [0.1, 0.15) is 29.9 Å². The van der Waals surface area contributed by atoms with Crippen molar-refractivity contribution in [3.63, 3.8) is 0 Å². The van der Waals surface area contributed by atoms with Gasteiger partial charge in [0, 0.05) is 12.7 Å². The molecule has 0 radical (unpaired) electrons. The average molecular weight is 392 g/mol. The summed E-state index contributed by atoms with van der Waals surface area (Å²) in [7, 11) is -4.20. The molecule has 0 bridgehead atoms. The number of hydrogen-bond donors (Lipinski definition) is 3. The van der Waals surface area contributed by atoms with Gasteiger partial charge in [-0.3, -0.25) is 4.79 Å². The smallest absolute Gasteiger partial charge is 0.308 e. The standard InChI is InChI=1S/C17H17FN4O4S/c18-13-5-10(8-20-15-7-12(3-4-19-15)11-1-2-11)6-14(23)17(13)22-16(24)9-21-27(22,25)26/h3-7,11,21,23H,1-2,8-9H2,(H,19,20). The van der Waals surface area contributed by atoms with Crippen molar-refractivity contribution in [1.29, 1.82) is 0 Å². The number of hydrogen-bond acceptors (Lipinski definition) is 6. The molecule has 3 N–H and O–H groups in total. The molecule has 27 heavy (non-hydrogen) atoms. The van der Waals surface area contributed by atoms with Crippen LogP contribution >= 0.6 is 0 Å². The quantitative estimate of drug-likeness (QED) is 0.713. The topological polar surface area (TPSA) is 112 Å². The number of anilines is 2. The van der Waals surface area contributed by atoms with Crippen LogP contribution in [0.5, 0.6) is 5.75 Å². The number of carbonyl (C=O) groups excluding carboxylic acids is 1. The van der Waals surface area contributed by atoms with Crippen LogP contribution in [0.4, 0.5) is 15.9 Å². The van der Waals surface area contributed by atoms with E-state index in [-0.39, 0.29) is 10.8 Å². The number of halogens is 1. The van der Waals surface area contributed by atoms with E-state index in [1.54, 1.807) is 6.20 Å². The molecule has 0 unspecified atom stereocenters. The second kappa shape index (κ2) is 6.46. The fourth-order valence-electron chi connectivity index (χ4n) is 3.02. The highest BCUT2D eigenvalue weighted by Crippen LogP contribution is 2.40. The largest absolute Gasteiger partial charge is 0.506 e. The van der Waals surface area contributed by atoms with Crippen LogP contribution in [0.3, 0.4) is 0 Å². The monoisotopic (exact) mass is 392 g/mol. The predicted octanol–water partition coefficient (Wildman–Crippen LogP) is 1.60. The Balaban J connectivity index is 1.55. The zero-order chi connectivity index (χ0) is 19.2. The fourth-order valence-corrected chi connectivity index (χ4v) is 4.21. The maximum atomic E-state index is 14.5. The number of rotatable bonds is 5. The van der Waals surface area contributed by atoms with Gasteiger partial charge >= 0.3 is 10.2 Å². The van der Waals surface area contributed by atoms with Crippen molar-refractivity contribution in [3.8, 4) is 5.75 Å². The van der Waals surface area contributed by atoms with Gasteiger partial charge in [-0.05, 0) is 54.2 Å². The molecule has 0 spiro atoms. The molecule has 1 saturated heterocycles. The van der Waals surface area contributed by atoms with Gasteiger partial charge in [-0.2, -0.15) is 17.4 Å². The van der Waals surface area contributed by atoms with E-state index in [1.165, 1.54) is 11.6 Å². The van der Waals surface area contributed by atoms with Crippen molar-refractivity contribution < 1.29 is 22.7 Å². The molecule has 10 heteroatoms. The van der Waals surface area contributed by atoms with Crippen LogP contribution in [0, 0.1) is 5.82 Å². The first-order valence-electron chi connectivity index (χ1n) is 8.39. The number of nitrogens with one attached hydrogen (secondary N) is 2. The minimum Gasteiger partial charge on any atom is -0.506 e. The van der Waals surface area contributed by atoms with Gasteiger partial charge < -0.3 is 10.4 Å². The lowest BCUT2D eigenvalue weighted by molar-refractivity contribution is -0.115. The third kappa shape index (κ3) is 3.45. The second-order valence-electron chi connectivity index (χ2n) is 6.53. The van der Waals surface area contributed by atoms with Crippen LogP contribution in [0.2, 0.25) is 0 Å². The fraction of sp³-hybridized carbons (Fsp3) is 0.294. The summed E-state index contributed by atoms with van der Waals surface area (Å²) in [4.78, 5) is 16.0. The first-order chi connectivity index (χ1) is 12.8. The Kier molecular flexibility index (Phi) is 4.23. The van der Waals surface area contributed by atoms with Gasteiger partial charge in [0.15, 0.2) is 5.82 Å². The lowest BCUT2D eigenvalue weighted by Crippen LogP contribution is -2.32. The zero-order valence-electron chi connectivity index (χ0n) is 14.1. The Morgan fingerprint density at radius 3 is 2.74 bits per heavy atom. The van der Waals surface area contributed by atoms with E-state index in [9.17, 15) is 22.7 Å². The Morgan fingerprint density at radius 1 is 1.33 bits per heavy atom. The number of amides is 1. The van der Waals surface area contributed by atoms with Gasteiger partial charge in [-0.15, -0.1) is 0 Å². The summed E-state index contributed by atoms with van der Waals surface area (Å²) >= 11 is 0. The van der Waals surface area contributed by atoms with Crippen LogP contribution in [0.25, 0.3) is 0 Å². The number of aromatic nitrogens is 1. The zero-order valence-corrected chi connectivity index (χ0v) is 15.0. The van der Waals surface area contributed by atoms with Gasteiger partial charge in [-0.25, -0.2) is 9.37 Å². The Morgan fingerprint density at radius 2 is 2.11 bits per heavy atom. The molecule has 142 valence electrons. The van der Waals surface area contributed by atoms with Gasteiger partial charge in [-0.1, -0.05) is 0 Å². The van der Waals surface area contributed by atoms with E-state index in [2.05, 4.69) is 10.3 Å². The first-order valence-corrected chi connectivity index (χ1v) is 9.83. The number of carbonyl (C=O) groups is 1. The van der Waals surface area contributed by atoms with Crippen molar-refractivity contribution >= 4 is 27.6 Å². The van der Waals surface area contributed by atoms with Gasteiger partial charge in [0.25, 0.3) is 5.91 Å². The summed E-state index contributed by atoms with van der Waals surface area (Å²) in [5.74, 6) is -1.30. The Labute approximate surface area is 155 Å². The molecule has 1 amide bonds. The Bertz CT molecular complexity index is 1000. The van der Waals surface area contributed by atoms with Crippen molar-refractivity contribution in [2.75, 3.05) is 16.2 Å². The highest BCUT2D eigenvalue weighted by atomic mass is 32.2. The lowest BCUT2D eigenvalue weighted by Gasteiger charge is -2.17. The molecule has 1 aliphatic carbocycles.